The fourth-order valence-electron chi connectivity index (χ4n) is 3.45. The Morgan fingerprint density at radius 3 is 2.33 bits per heavy atom. The van der Waals surface area contributed by atoms with Crippen LogP contribution in [-0.4, -0.2) is 24.3 Å². The number of hydrogen-bond acceptors (Lipinski definition) is 5. The van der Waals surface area contributed by atoms with Gasteiger partial charge >= 0.3 is 11.9 Å². The highest BCUT2D eigenvalue weighted by Gasteiger charge is 2.49. The smallest absolute Gasteiger partial charge is 0.303 e. The minimum absolute atomic E-state index is 0.0125. The molecule has 1 aliphatic carbocycles. The van der Waals surface area contributed by atoms with Crippen LogP contribution in [0.5, 0.6) is 0 Å². The molecule has 24 heavy (non-hydrogen) atoms. The van der Waals surface area contributed by atoms with Gasteiger partial charge in [0.25, 0.3) is 0 Å². The van der Waals surface area contributed by atoms with Gasteiger partial charge in [0.2, 0.25) is 0 Å². The molecule has 0 bridgehead atoms. The molecule has 0 spiro atoms. The van der Waals surface area contributed by atoms with E-state index in [1.54, 1.807) is 13.8 Å². The molecule has 0 saturated heterocycles. The third kappa shape index (κ3) is 3.07. The van der Waals surface area contributed by atoms with Gasteiger partial charge in [-0.05, 0) is 50.5 Å². The Labute approximate surface area is 142 Å². The van der Waals surface area contributed by atoms with Gasteiger partial charge in [-0.15, -0.1) is 0 Å². The molecule has 0 N–H and O–H groups in total. The van der Waals surface area contributed by atoms with Gasteiger partial charge in [0.15, 0.2) is 5.78 Å². The molecule has 1 aromatic carbocycles. The second kappa shape index (κ2) is 6.38. The van der Waals surface area contributed by atoms with Crippen molar-refractivity contribution >= 4 is 17.7 Å². The first kappa shape index (κ1) is 18.2. The van der Waals surface area contributed by atoms with Gasteiger partial charge in [-0.1, -0.05) is 0 Å². The predicted octanol–water partition coefficient (Wildman–Crippen LogP) is 3.24. The number of rotatable bonds is 4. The second-order valence-electron chi connectivity index (χ2n) is 6.89. The van der Waals surface area contributed by atoms with Gasteiger partial charge < -0.3 is 9.47 Å². The van der Waals surface area contributed by atoms with E-state index in [0.29, 0.717) is 12.0 Å². The third-order valence-corrected chi connectivity index (χ3v) is 4.67. The largest absolute Gasteiger partial charge is 0.466 e. The number of carbonyl (C=O) groups excluding carboxylic acids is 3. The number of fused-ring (bicyclic) bond motifs is 1. The Bertz CT molecular complexity index is 715. The molecule has 5 nitrogen and oxygen atoms in total. The van der Waals surface area contributed by atoms with Crippen LogP contribution < -0.4 is 0 Å². The number of aryl methyl sites for hydroxylation is 1. The number of Topliss-reactive ketones (excluding diaryl/α,β-unsaturated/α-hetero) is 1. The zero-order chi connectivity index (χ0) is 18.2. The van der Waals surface area contributed by atoms with Gasteiger partial charge in [0.1, 0.15) is 6.10 Å². The number of esters is 2. The first-order valence-corrected chi connectivity index (χ1v) is 8.05. The molecule has 2 rings (SSSR count). The third-order valence-electron chi connectivity index (χ3n) is 4.67. The van der Waals surface area contributed by atoms with Crippen molar-refractivity contribution in [3.63, 3.8) is 0 Å². The summed E-state index contributed by atoms with van der Waals surface area (Å²) in [5, 5.41) is 0. The lowest BCUT2D eigenvalue weighted by Gasteiger charge is -2.26. The lowest BCUT2D eigenvalue weighted by Crippen LogP contribution is -2.27. The molecule has 0 saturated carbocycles. The first-order chi connectivity index (χ1) is 11.1. The van der Waals surface area contributed by atoms with Crippen molar-refractivity contribution in [2.24, 2.45) is 5.41 Å². The zero-order valence-corrected chi connectivity index (χ0v) is 15.1. The van der Waals surface area contributed by atoms with E-state index in [4.69, 9.17) is 9.47 Å². The molecular formula is C19H24O5. The Morgan fingerprint density at radius 2 is 1.79 bits per heavy atom. The molecule has 0 aromatic heterocycles. The highest BCUT2D eigenvalue weighted by molar-refractivity contribution is 6.06. The molecule has 0 heterocycles. The molecule has 1 unspecified atom stereocenters. The van der Waals surface area contributed by atoms with Crippen LogP contribution in [0.15, 0.2) is 6.07 Å². The minimum atomic E-state index is -0.792. The van der Waals surface area contributed by atoms with Crippen molar-refractivity contribution in [1.29, 1.82) is 0 Å². The molecule has 130 valence electrons. The topological polar surface area (TPSA) is 69.7 Å². The highest BCUT2D eigenvalue weighted by Crippen LogP contribution is 2.49. The van der Waals surface area contributed by atoms with E-state index in [2.05, 4.69) is 0 Å². The minimum Gasteiger partial charge on any atom is -0.466 e. The summed E-state index contributed by atoms with van der Waals surface area (Å²) in [5.74, 6) is -0.739. The summed E-state index contributed by atoms with van der Waals surface area (Å²) in [6.07, 6.45) is -0.0306. The molecule has 5 heteroatoms. The maximum Gasteiger partial charge on any atom is 0.303 e. The normalized spacial score (nSPS) is 18.2. The number of ether oxygens (including phenoxy) is 2. The van der Waals surface area contributed by atoms with Crippen LogP contribution in [0, 0.1) is 19.3 Å². The maximum atomic E-state index is 12.8. The van der Waals surface area contributed by atoms with Crippen LogP contribution in [0.2, 0.25) is 0 Å². The van der Waals surface area contributed by atoms with Crippen LogP contribution in [0.4, 0.5) is 0 Å². The molecule has 1 aromatic rings. The summed E-state index contributed by atoms with van der Waals surface area (Å²) < 4.78 is 10.5. The van der Waals surface area contributed by atoms with Crippen molar-refractivity contribution in [3.8, 4) is 0 Å². The fraction of sp³-hybridized carbons (Fsp3) is 0.526. The van der Waals surface area contributed by atoms with Crippen LogP contribution >= 0.6 is 0 Å². The van der Waals surface area contributed by atoms with E-state index < -0.39 is 17.5 Å². The van der Waals surface area contributed by atoms with E-state index in [1.807, 2.05) is 19.9 Å². The van der Waals surface area contributed by atoms with Gasteiger partial charge in [0.05, 0.1) is 12.0 Å². The van der Waals surface area contributed by atoms with Gasteiger partial charge in [-0.3, -0.25) is 14.4 Å². The van der Waals surface area contributed by atoms with E-state index in [9.17, 15) is 14.4 Å². The van der Waals surface area contributed by atoms with Crippen molar-refractivity contribution in [2.75, 3.05) is 6.61 Å². The van der Waals surface area contributed by atoms with Crippen LogP contribution in [0.1, 0.15) is 66.4 Å². The maximum absolute atomic E-state index is 12.8. The Kier molecular flexibility index (Phi) is 4.83. The van der Waals surface area contributed by atoms with Gasteiger partial charge in [-0.25, -0.2) is 0 Å². The number of ketones is 1. The van der Waals surface area contributed by atoms with Gasteiger partial charge in [-0.2, -0.15) is 0 Å². The first-order valence-electron chi connectivity index (χ1n) is 8.05. The summed E-state index contributed by atoms with van der Waals surface area (Å²) in [6, 6.07) is 1.86. The van der Waals surface area contributed by atoms with E-state index >= 15 is 0 Å². The Hall–Kier alpha value is -2.17. The Balaban J connectivity index is 2.50. The Morgan fingerprint density at radius 1 is 1.17 bits per heavy atom. The molecular weight excluding hydrogens is 308 g/mol. The predicted molar refractivity (Wildman–Crippen MR) is 88.9 cm³/mol. The summed E-state index contributed by atoms with van der Waals surface area (Å²) in [6.45, 7) is 10.5. The van der Waals surface area contributed by atoms with Crippen molar-refractivity contribution in [3.05, 3.63) is 33.9 Å². The molecule has 0 aliphatic heterocycles. The lowest BCUT2D eigenvalue weighted by molar-refractivity contribution is -0.150. The highest BCUT2D eigenvalue weighted by atomic mass is 16.5. The average Bonchev–Trinajstić information content (AvgIpc) is 2.63. The summed E-state index contributed by atoms with van der Waals surface area (Å²) >= 11 is 0. The summed E-state index contributed by atoms with van der Waals surface area (Å²) in [7, 11) is 0. The second-order valence-corrected chi connectivity index (χ2v) is 6.89. The van der Waals surface area contributed by atoms with Crippen molar-refractivity contribution in [1.82, 2.24) is 0 Å². The number of benzene rings is 1. The van der Waals surface area contributed by atoms with E-state index in [-0.39, 0.29) is 18.4 Å². The quantitative estimate of drug-likeness (QED) is 0.792. The molecule has 0 radical (unpaired) electrons. The van der Waals surface area contributed by atoms with Crippen molar-refractivity contribution < 1.29 is 23.9 Å². The van der Waals surface area contributed by atoms with Gasteiger partial charge in [0, 0.05) is 31.4 Å². The fourth-order valence-corrected chi connectivity index (χ4v) is 3.45. The molecule has 0 amide bonds. The summed E-state index contributed by atoms with van der Waals surface area (Å²) in [5.41, 5.74) is 3.55. The number of hydrogen-bond donors (Lipinski definition) is 0. The lowest BCUT2D eigenvalue weighted by atomic mass is 9.85. The average molecular weight is 332 g/mol. The number of carbonyl (C=O) groups is 3. The van der Waals surface area contributed by atoms with E-state index in [1.165, 1.54) is 13.8 Å². The monoisotopic (exact) mass is 332 g/mol. The van der Waals surface area contributed by atoms with Crippen LogP contribution in [-0.2, 0) is 25.5 Å². The van der Waals surface area contributed by atoms with E-state index in [0.717, 1.165) is 22.3 Å². The molecule has 1 aliphatic rings. The molecule has 0 fully saturated rings. The molecule has 1 atom stereocenters. The SMILES string of the molecule is CC(=O)OCCc1c(C)cc2c(c1C)C(OC(C)=O)C(C)(C)C2=O. The van der Waals surface area contributed by atoms with Crippen LogP contribution in [0.25, 0.3) is 0 Å². The standard InChI is InChI=1S/C19H24O5/c1-10-9-15-16(11(2)14(10)7-8-23-12(3)20)18(24-13(4)21)19(5,6)17(15)22/h9,18H,7-8H2,1-6H3. The van der Waals surface area contributed by atoms with Crippen LogP contribution in [0.3, 0.4) is 0 Å². The van der Waals surface area contributed by atoms with Crippen molar-refractivity contribution in [2.45, 2.75) is 54.1 Å². The zero-order valence-electron chi connectivity index (χ0n) is 15.1. The summed E-state index contributed by atoms with van der Waals surface area (Å²) in [4.78, 5) is 35.3.